The van der Waals surface area contributed by atoms with Gasteiger partial charge in [0.05, 0.1) is 6.10 Å². The van der Waals surface area contributed by atoms with Crippen LogP contribution in [0, 0.1) is 0 Å². The van der Waals surface area contributed by atoms with E-state index in [0.29, 0.717) is 0 Å². The van der Waals surface area contributed by atoms with Crippen LogP contribution >= 0.6 is 11.3 Å². The number of rotatable bonds is 3. The first kappa shape index (κ1) is 11.1. The van der Waals surface area contributed by atoms with E-state index in [0.717, 1.165) is 25.9 Å². The first-order valence-corrected chi connectivity index (χ1v) is 6.44. The van der Waals surface area contributed by atoms with Crippen molar-refractivity contribution in [1.82, 2.24) is 0 Å². The summed E-state index contributed by atoms with van der Waals surface area (Å²) in [4.78, 5) is 2.84. The van der Waals surface area contributed by atoms with Gasteiger partial charge in [-0.25, -0.2) is 0 Å². The van der Waals surface area contributed by atoms with Gasteiger partial charge in [0.1, 0.15) is 0 Å². The molecule has 1 aliphatic heterocycles. The molecule has 0 spiro atoms. The molecule has 1 aromatic heterocycles. The van der Waals surface area contributed by atoms with E-state index in [-0.39, 0.29) is 11.6 Å². The number of nitrogens with two attached hydrogens (primary N) is 1. The Kier molecular flexibility index (Phi) is 3.14. The maximum Gasteiger partial charge on any atom is 0.0730 e. The van der Waals surface area contributed by atoms with Crippen molar-refractivity contribution in [3.8, 4) is 0 Å². The summed E-state index contributed by atoms with van der Waals surface area (Å²) in [5, 5.41) is 0. The molecular weight excluding hydrogens is 206 g/mol. The van der Waals surface area contributed by atoms with Crippen LogP contribution in [0.25, 0.3) is 0 Å². The van der Waals surface area contributed by atoms with Crippen LogP contribution in [-0.2, 0) is 17.6 Å². The molecule has 2 N–H and O–H groups in total. The molecule has 2 rings (SSSR count). The fraction of sp³-hybridized carbons (Fsp3) is 0.667. The minimum atomic E-state index is -0.143. The molecule has 2 atom stereocenters. The van der Waals surface area contributed by atoms with Crippen LogP contribution in [0.4, 0.5) is 0 Å². The Morgan fingerprint density at radius 3 is 2.80 bits per heavy atom. The fourth-order valence-electron chi connectivity index (χ4n) is 2.06. The van der Waals surface area contributed by atoms with Crippen LogP contribution in [0.15, 0.2) is 12.1 Å². The number of hydrogen-bond acceptors (Lipinski definition) is 3. The molecule has 1 aromatic rings. The average molecular weight is 225 g/mol. The molecule has 2 unspecified atom stereocenters. The molecular formula is C12H19NOS. The molecule has 2 heterocycles. The minimum Gasteiger partial charge on any atom is -0.377 e. The van der Waals surface area contributed by atoms with Crippen LogP contribution in [0.1, 0.15) is 30.0 Å². The first-order valence-electron chi connectivity index (χ1n) is 5.62. The minimum absolute atomic E-state index is 0.143. The van der Waals surface area contributed by atoms with Crippen LogP contribution in [0.3, 0.4) is 0 Å². The number of hydrogen-bond donors (Lipinski definition) is 1. The first-order chi connectivity index (χ1) is 7.14. The van der Waals surface area contributed by atoms with E-state index in [1.165, 1.54) is 9.75 Å². The quantitative estimate of drug-likeness (QED) is 0.857. The Morgan fingerprint density at radius 2 is 2.27 bits per heavy atom. The van der Waals surface area contributed by atoms with Crippen molar-refractivity contribution in [2.24, 2.45) is 5.73 Å². The van der Waals surface area contributed by atoms with Gasteiger partial charge in [-0.15, -0.1) is 11.3 Å². The van der Waals surface area contributed by atoms with E-state index in [9.17, 15) is 0 Å². The van der Waals surface area contributed by atoms with Crippen LogP contribution in [-0.4, -0.2) is 18.2 Å². The van der Waals surface area contributed by atoms with Crippen molar-refractivity contribution in [2.45, 2.75) is 44.8 Å². The van der Waals surface area contributed by atoms with Gasteiger partial charge < -0.3 is 10.5 Å². The molecule has 0 bridgehead atoms. The zero-order valence-electron chi connectivity index (χ0n) is 9.45. The maximum absolute atomic E-state index is 6.37. The molecule has 0 radical (unpaired) electrons. The van der Waals surface area contributed by atoms with Crippen LogP contribution in [0.5, 0.6) is 0 Å². The Labute approximate surface area is 95.4 Å². The lowest BCUT2D eigenvalue weighted by Gasteiger charge is -2.26. The number of ether oxygens (including phenoxy) is 1. The van der Waals surface area contributed by atoms with E-state index in [2.05, 4.69) is 26.0 Å². The second kappa shape index (κ2) is 4.24. The second-order valence-corrected chi connectivity index (χ2v) is 5.65. The third kappa shape index (κ3) is 2.25. The molecule has 84 valence electrons. The third-order valence-corrected chi connectivity index (χ3v) is 4.54. The third-order valence-electron chi connectivity index (χ3n) is 3.31. The normalized spacial score (nSPS) is 31.0. The topological polar surface area (TPSA) is 35.2 Å². The molecule has 1 aliphatic rings. The number of aryl methyl sites for hydroxylation is 1. The summed E-state index contributed by atoms with van der Waals surface area (Å²) in [6.07, 6.45) is 3.24. The Bertz CT molecular complexity index is 336. The smallest absolute Gasteiger partial charge is 0.0730 e. The van der Waals surface area contributed by atoms with Crippen LogP contribution < -0.4 is 5.73 Å². The van der Waals surface area contributed by atoms with Gasteiger partial charge in [0.15, 0.2) is 0 Å². The van der Waals surface area contributed by atoms with Crippen molar-refractivity contribution in [3.05, 3.63) is 21.9 Å². The summed E-state index contributed by atoms with van der Waals surface area (Å²) >= 11 is 1.88. The monoisotopic (exact) mass is 225 g/mol. The maximum atomic E-state index is 6.37. The highest BCUT2D eigenvalue weighted by Gasteiger charge is 2.37. The van der Waals surface area contributed by atoms with Gasteiger partial charge in [-0.3, -0.25) is 0 Å². The van der Waals surface area contributed by atoms with E-state index < -0.39 is 0 Å². The lowest BCUT2D eigenvalue weighted by Crippen LogP contribution is -2.47. The van der Waals surface area contributed by atoms with Gasteiger partial charge in [-0.2, -0.15) is 0 Å². The van der Waals surface area contributed by atoms with Crippen molar-refractivity contribution in [1.29, 1.82) is 0 Å². The van der Waals surface area contributed by atoms with Crippen molar-refractivity contribution in [2.75, 3.05) is 6.61 Å². The predicted molar refractivity (Wildman–Crippen MR) is 64.4 cm³/mol. The van der Waals surface area contributed by atoms with Crippen molar-refractivity contribution >= 4 is 11.3 Å². The van der Waals surface area contributed by atoms with E-state index in [1.54, 1.807) is 0 Å². The zero-order chi connectivity index (χ0) is 10.9. The van der Waals surface area contributed by atoms with Gasteiger partial charge in [0.2, 0.25) is 0 Å². The Balaban J connectivity index is 2.07. The van der Waals surface area contributed by atoms with Gasteiger partial charge in [-0.05, 0) is 31.9 Å². The molecule has 2 nitrogen and oxygen atoms in total. The largest absolute Gasteiger partial charge is 0.377 e. The van der Waals surface area contributed by atoms with E-state index in [1.807, 2.05) is 11.3 Å². The van der Waals surface area contributed by atoms with Crippen molar-refractivity contribution in [3.63, 3.8) is 0 Å². The second-order valence-electron chi connectivity index (χ2n) is 4.39. The Morgan fingerprint density at radius 1 is 1.53 bits per heavy atom. The van der Waals surface area contributed by atoms with Gasteiger partial charge in [0.25, 0.3) is 0 Å². The lowest BCUT2D eigenvalue weighted by atomic mass is 9.89. The summed E-state index contributed by atoms with van der Waals surface area (Å²) in [7, 11) is 0. The predicted octanol–water partition coefficient (Wildman–Crippen LogP) is 2.36. The summed E-state index contributed by atoms with van der Waals surface area (Å²) in [5.41, 5.74) is 6.22. The molecule has 0 saturated carbocycles. The fourth-order valence-corrected chi connectivity index (χ4v) is 3.15. The lowest BCUT2D eigenvalue weighted by molar-refractivity contribution is 0.0957. The standard InChI is InChI=1S/C12H19NOS/c1-3-10-4-5-11(15-10)8-12(13)6-7-14-9(12)2/h4-5,9H,3,6-8,13H2,1-2H3. The molecule has 1 fully saturated rings. The molecule has 15 heavy (non-hydrogen) atoms. The highest BCUT2D eigenvalue weighted by atomic mass is 32.1. The van der Waals surface area contributed by atoms with E-state index >= 15 is 0 Å². The van der Waals surface area contributed by atoms with Crippen LogP contribution in [0.2, 0.25) is 0 Å². The van der Waals surface area contributed by atoms with Crippen molar-refractivity contribution < 1.29 is 4.74 Å². The number of thiophene rings is 1. The van der Waals surface area contributed by atoms with Gasteiger partial charge >= 0.3 is 0 Å². The summed E-state index contributed by atoms with van der Waals surface area (Å²) in [5.74, 6) is 0. The molecule has 0 aliphatic carbocycles. The van der Waals surface area contributed by atoms with Gasteiger partial charge in [-0.1, -0.05) is 6.92 Å². The molecule has 0 aromatic carbocycles. The summed E-state index contributed by atoms with van der Waals surface area (Å²) in [6, 6.07) is 4.42. The summed E-state index contributed by atoms with van der Waals surface area (Å²) in [6.45, 7) is 5.08. The Hall–Kier alpha value is -0.380. The van der Waals surface area contributed by atoms with Gasteiger partial charge in [0, 0.05) is 28.3 Å². The molecule has 1 saturated heterocycles. The highest BCUT2D eigenvalue weighted by molar-refractivity contribution is 7.12. The zero-order valence-corrected chi connectivity index (χ0v) is 10.3. The molecule has 3 heteroatoms. The summed E-state index contributed by atoms with van der Waals surface area (Å²) < 4.78 is 5.55. The highest BCUT2D eigenvalue weighted by Crippen LogP contribution is 2.29. The van der Waals surface area contributed by atoms with E-state index in [4.69, 9.17) is 10.5 Å². The SMILES string of the molecule is CCc1ccc(CC2(N)CCOC2C)s1. The average Bonchev–Trinajstić information content (AvgIpc) is 2.76. The molecule has 0 amide bonds.